The van der Waals surface area contributed by atoms with Gasteiger partial charge in [-0.05, 0) is 0 Å². The van der Waals surface area contributed by atoms with E-state index < -0.39 is 8.07 Å². The van der Waals surface area contributed by atoms with Crippen LogP contribution in [0.25, 0.3) is 0 Å². The van der Waals surface area contributed by atoms with Crippen molar-refractivity contribution in [1.29, 1.82) is 0 Å². The van der Waals surface area contributed by atoms with Crippen LogP contribution in [0.2, 0.25) is 0 Å². The monoisotopic (exact) mass is 562 g/mol. The molecular weight excluding hydrogens is 520 g/mol. The van der Waals surface area contributed by atoms with Crippen LogP contribution in [0.3, 0.4) is 0 Å². The molecule has 4 rings (SSSR count). The Morgan fingerprint density at radius 3 is 0.921 bits per heavy atom. The van der Waals surface area contributed by atoms with Crippen LogP contribution in [0, 0.1) is 27.7 Å². The summed E-state index contributed by atoms with van der Waals surface area (Å²) in [7, 11) is -2.40. The molecule has 0 amide bonds. The van der Waals surface area contributed by atoms with Crippen LogP contribution in [0.5, 0.6) is 0 Å². The van der Waals surface area contributed by atoms with Crippen LogP contribution >= 0.6 is 0 Å². The minimum Gasteiger partial charge on any atom is -0.855 e. The van der Waals surface area contributed by atoms with E-state index in [0.29, 0.717) is 0 Å². The third kappa shape index (κ3) is 8.41. The van der Waals surface area contributed by atoms with Gasteiger partial charge in [-0.3, -0.25) is 0 Å². The number of rotatable bonds is 4. The molecular formula is C33H42O3SiTi. The van der Waals surface area contributed by atoms with Gasteiger partial charge in [0.25, 0.3) is 0 Å². The van der Waals surface area contributed by atoms with Crippen molar-refractivity contribution in [3.05, 3.63) is 113 Å². The molecule has 0 bridgehead atoms. The minimum absolute atomic E-state index is 0. The van der Waals surface area contributed by atoms with Gasteiger partial charge in [-0.15, -0.1) is 25.0 Å². The van der Waals surface area contributed by atoms with Crippen LogP contribution in [-0.4, -0.2) is 27.9 Å². The van der Waals surface area contributed by atoms with E-state index >= 15 is 0 Å². The van der Waals surface area contributed by atoms with E-state index in [1.165, 1.54) is 37.8 Å². The smallest absolute Gasteiger partial charge is 0.855 e. The van der Waals surface area contributed by atoms with E-state index in [-0.39, 0.29) is 41.5 Å². The summed E-state index contributed by atoms with van der Waals surface area (Å²) in [6.07, 6.45) is 0. The molecule has 0 radical (unpaired) electrons. The molecule has 0 N–H and O–H groups in total. The molecule has 0 unspecified atom stereocenters. The second-order valence-electron chi connectivity index (χ2n) is 8.59. The van der Waals surface area contributed by atoms with Crippen molar-refractivity contribution in [2.45, 2.75) is 48.5 Å². The zero-order chi connectivity index (χ0) is 27.8. The average molecular weight is 563 g/mol. The second kappa shape index (κ2) is 19.0. The quantitative estimate of drug-likeness (QED) is 0.218. The fourth-order valence-electron chi connectivity index (χ4n) is 4.78. The first kappa shape index (κ1) is 35.8. The number of benzene rings is 3. The van der Waals surface area contributed by atoms with Gasteiger partial charge >= 0.3 is 21.7 Å². The molecule has 4 aromatic rings. The minimum atomic E-state index is -2.40. The number of hydrogen-bond donors (Lipinski definition) is 0. The molecule has 0 spiro atoms. The van der Waals surface area contributed by atoms with Crippen molar-refractivity contribution in [2.24, 2.45) is 0 Å². The molecule has 0 aromatic heterocycles. The summed E-state index contributed by atoms with van der Waals surface area (Å²) in [5.41, 5.74) is 5.79. The fraction of sp³-hybridized carbons (Fsp3) is 0.303. The van der Waals surface area contributed by atoms with Crippen LogP contribution in [0.15, 0.2) is 91.0 Å². The van der Waals surface area contributed by atoms with Crippen molar-refractivity contribution >= 4 is 28.8 Å². The molecule has 200 valence electrons. The van der Waals surface area contributed by atoms with Gasteiger partial charge in [0.15, 0.2) is 0 Å². The molecule has 3 nitrogen and oxygen atoms in total. The van der Waals surface area contributed by atoms with Gasteiger partial charge in [-0.2, -0.15) is 22.3 Å². The first-order valence-electron chi connectivity index (χ1n) is 13.0. The first-order chi connectivity index (χ1) is 17.8. The Balaban J connectivity index is 0.00000121. The van der Waals surface area contributed by atoms with E-state index in [1.54, 1.807) is 26.0 Å². The third-order valence-corrected chi connectivity index (χ3v) is 11.5. The topological polar surface area (TPSA) is 69.2 Å². The molecule has 0 fully saturated rings. The summed E-state index contributed by atoms with van der Waals surface area (Å²) < 4.78 is 0. The largest absolute Gasteiger partial charge is 4.00 e. The molecule has 4 aromatic carbocycles. The van der Waals surface area contributed by atoms with Crippen LogP contribution in [0.1, 0.15) is 43.0 Å². The van der Waals surface area contributed by atoms with Gasteiger partial charge in [0, 0.05) is 0 Å². The third-order valence-electron chi connectivity index (χ3n) is 6.43. The van der Waals surface area contributed by atoms with Gasteiger partial charge < -0.3 is 15.3 Å². The van der Waals surface area contributed by atoms with E-state index in [4.69, 9.17) is 15.3 Å². The Kier molecular flexibility index (Phi) is 17.9. The van der Waals surface area contributed by atoms with Gasteiger partial charge in [-0.25, -0.2) is 0 Å². The Bertz CT molecular complexity index is 1020. The van der Waals surface area contributed by atoms with Crippen molar-refractivity contribution in [1.82, 2.24) is 0 Å². The van der Waals surface area contributed by atoms with Crippen LogP contribution < -0.4 is 36.1 Å². The molecule has 0 aliphatic carbocycles. The van der Waals surface area contributed by atoms with Crippen LogP contribution in [0.4, 0.5) is 0 Å². The normalized spacial score (nSPS) is 9.95. The van der Waals surface area contributed by atoms with Gasteiger partial charge in [0.2, 0.25) is 0 Å². The van der Waals surface area contributed by atoms with Gasteiger partial charge in [-0.1, -0.05) is 155 Å². The summed E-state index contributed by atoms with van der Waals surface area (Å²) in [6, 6.07) is 33.5. The maximum Gasteiger partial charge on any atom is 4.00 e. The van der Waals surface area contributed by atoms with E-state index in [1.807, 2.05) is 0 Å². The van der Waals surface area contributed by atoms with E-state index in [0.717, 1.165) is 0 Å². The standard InChI is InChI=1S/C27H27Si.3C2H5O.Ti/c1-20-21(2)23(4)27(22(20)3)28(24-14-8-5-9-15-24,25-16-10-6-11-17-25)26-18-12-7-13-19-26;3*1-2-3;/h5-19H,1-4H3;3*2H2,1H3;/q4*-1;+4. The molecule has 0 aliphatic heterocycles. The summed E-state index contributed by atoms with van der Waals surface area (Å²) in [6.45, 7) is 13.9. The summed E-state index contributed by atoms with van der Waals surface area (Å²) in [5, 5.41) is 32.7. The Morgan fingerprint density at radius 1 is 0.500 bits per heavy atom. The van der Waals surface area contributed by atoms with E-state index in [2.05, 4.69) is 119 Å². The SMILES string of the molecule is CC[O-].CC[O-].CC[O-].Cc1c(C)c(C)[c-]([Si](c2ccccc2)(c2ccccc2)c2ccccc2)c1C.[Ti+4]. The Labute approximate surface area is 246 Å². The molecule has 0 saturated heterocycles. The molecule has 0 aliphatic rings. The predicted molar refractivity (Wildman–Crippen MR) is 156 cm³/mol. The summed E-state index contributed by atoms with van der Waals surface area (Å²) in [5.74, 6) is 0. The molecule has 0 heterocycles. The van der Waals surface area contributed by atoms with E-state index in [9.17, 15) is 0 Å². The van der Waals surface area contributed by atoms with Gasteiger partial charge in [0.1, 0.15) is 8.07 Å². The van der Waals surface area contributed by atoms with Crippen molar-refractivity contribution in [2.75, 3.05) is 19.8 Å². The molecule has 0 atom stereocenters. The first-order valence-corrected chi connectivity index (χ1v) is 15.0. The van der Waals surface area contributed by atoms with Crippen LogP contribution in [-0.2, 0) is 21.7 Å². The maximum absolute atomic E-state index is 8.93. The van der Waals surface area contributed by atoms with Crippen molar-refractivity contribution in [3.8, 4) is 0 Å². The Morgan fingerprint density at radius 2 is 0.711 bits per heavy atom. The van der Waals surface area contributed by atoms with Crippen molar-refractivity contribution in [3.63, 3.8) is 0 Å². The molecule has 0 saturated carbocycles. The maximum atomic E-state index is 8.93. The molecule has 5 heteroatoms. The average Bonchev–Trinajstić information content (AvgIpc) is 3.11. The fourth-order valence-corrected chi connectivity index (χ4v) is 10.2. The molecule has 38 heavy (non-hydrogen) atoms. The zero-order valence-electron chi connectivity index (χ0n) is 24.0. The van der Waals surface area contributed by atoms with Gasteiger partial charge in [0.05, 0.1) is 0 Å². The number of hydrogen-bond acceptors (Lipinski definition) is 3. The van der Waals surface area contributed by atoms with Crippen molar-refractivity contribution < 1.29 is 37.0 Å². The summed E-state index contributed by atoms with van der Waals surface area (Å²) >= 11 is 0. The predicted octanol–water partition coefficient (Wildman–Crippen LogP) is 2.11. The summed E-state index contributed by atoms with van der Waals surface area (Å²) in [4.78, 5) is 0. The zero-order valence-corrected chi connectivity index (χ0v) is 26.6. The Hall–Kier alpha value is -2.18. The second-order valence-corrected chi connectivity index (χ2v) is 12.3.